The van der Waals surface area contributed by atoms with Gasteiger partial charge in [-0.05, 0) is 44.0 Å². The summed E-state index contributed by atoms with van der Waals surface area (Å²) in [6, 6.07) is 9.83. The van der Waals surface area contributed by atoms with Crippen LogP contribution in [0.1, 0.15) is 32.1 Å². The Morgan fingerprint density at radius 3 is 2.92 bits per heavy atom. The van der Waals surface area contributed by atoms with Gasteiger partial charge in [0.2, 0.25) is 5.91 Å². The quantitative estimate of drug-likeness (QED) is 0.816. The molecule has 1 aliphatic rings. The molecule has 25 heavy (non-hydrogen) atoms. The number of hydrogen-bond donors (Lipinski definition) is 1. The number of hydrogen-bond acceptors (Lipinski definition) is 3. The largest absolute Gasteiger partial charge is 0.325 e. The fourth-order valence-electron chi connectivity index (χ4n) is 3.42. The lowest BCUT2D eigenvalue weighted by molar-refractivity contribution is -0.116. The van der Waals surface area contributed by atoms with Crippen molar-refractivity contribution in [3.05, 3.63) is 47.7 Å². The Hall–Kier alpha value is -1.85. The number of anilines is 1. The van der Waals surface area contributed by atoms with Gasteiger partial charge in [0, 0.05) is 37.9 Å². The molecule has 1 aromatic carbocycles. The highest BCUT2D eigenvalue weighted by Crippen LogP contribution is 2.22. The van der Waals surface area contributed by atoms with Crippen LogP contribution in [0.5, 0.6) is 0 Å². The van der Waals surface area contributed by atoms with Crippen molar-refractivity contribution in [2.75, 3.05) is 18.4 Å². The van der Waals surface area contributed by atoms with Gasteiger partial charge < -0.3 is 5.32 Å². The number of nitrogens with zero attached hydrogens (tertiary/aromatic N) is 3. The van der Waals surface area contributed by atoms with Gasteiger partial charge in [0.1, 0.15) is 0 Å². The van der Waals surface area contributed by atoms with E-state index in [0.29, 0.717) is 23.2 Å². The number of amides is 1. The summed E-state index contributed by atoms with van der Waals surface area (Å²) in [6.07, 6.45) is 9.07. The molecule has 1 atom stereocenters. The first kappa shape index (κ1) is 18.0. The van der Waals surface area contributed by atoms with Gasteiger partial charge in [-0.3, -0.25) is 14.4 Å². The highest BCUT2D eigenvalue weighted by molar-refractivity contribution is 6.33. The third-order valence-corrected chi connectivity index (χ3v) is 5.10. The van der Waals surface area contributed by atoms with E-state index in [0.717, 1.165) is 26.1 Å². The van der Waals surface area contributed by atoms with Crippen LogP contribution < -0.4 is 5.32 Å². The highest BCUT2D eigenvalue weighted by Gasteiger charge is 2.22. The molecule has 6 heteroatoms. The molecule has 0 saturated carbocycles. The molecule has 1 saturated heterocycles. The zero-order valence-corrected chi connectivity index (χ0v) is 15.2. The molecule has 0 radical (unpaired) electrons. The van der Waals surface area contributed by atoms with E-state index in [4.69, 9.17) is 11.6 Å². The van der Waals surface area contributed by atoms with Gasteiger partial charge in [-0.2, -0.15) is 5.10 Å². The van der Waals surface area contributed by atoms with Crippen molar-refractivity contribution in [1.82, 2.24) is 14.7 Å². The summed E-state index contributed by atoms with van der Waals surface area (Å²) < 4.78 is 1.98. The first-order chi connectivity index (χ1) is 12.2. The Bertz CT molecular complexity index is 674. The monoisotopic (exact) mass is 360 g/mol. The van der Waals surface area contributed by atoms with Crippen LogP contribution in [0.2, 0.25) is 5.02 Å². The lowest BCUT2D eigenvalue weighted by atomic mass is 9.99. The van der Waals surface area contributed by atoms with Crippen LogP contribution in [0.3, 0.4) is 0 Å². The van der Waals surface area contributed by atoms with E-state index in [-0.39, 0.29) is 5.91 Å². The normalized spacial score (nSPS) is 18.2. The number of para-hydroxylation sites is 1. The fraction of sp³-hybridized carbons (Fsp3) is 0.474. The van der Waals surface area contributed by atoms with Gasteiger partial charge in [-0.1, -0.05) is 30.2 Å². The van der Waals surface area contributed by atoms with Crippen molar-refractivity contribution in [3.63, 3.8) is 0 Å². The third kappa shape index (κ3) is 5.31. The van der Waals surface area contributed by atoms with Gasteiger partial charge in [0.25, 0.3) is 0 Å². The van der Waals surface area contributed by atoms with Crippen molar-refractivity contribution in [3.8, 4) is 0 Å². The Kier molecular flexibility index (Phi) is 6.48. The highest BCUT2D eigenvalue weighted by atomic mass is 35.5. The number of carbonyl (C=O) groups excluding carboxylic acids is 1. The van der Waals surface area contributed by atoms with Gasteiger partial charge in [-0.25, -0.2) is 0 Å². The zero-order chi connectivity index (χ0) is 17.5. The van der Waals surface area contributed by atoms with Crippen LogP contribution in [-0.4, -0.2) is 39.7 Å². The predicted molar refractivity (Wildman–Crippen MR) is 101 cm³/mol. The van der Waals surface area contributed by atoms with E-state index >= 15 is 0 Å². The molecule has 1 N–H and O–H groups in total. The molecule has 1 unspecified atom stereocenters. The average Bonchev–Trinajstić information content (AvgIpc) is 3.14. The SMILES string of the molecule is O=C(CCN1CCCCC1CCn1cccn1)Nc1ccccc1Cl. The first-order valence-corrected chi connectivity index (χ1v) is 9.36. The maximum atomic E-state index is 12.2. The standard InChI is InChI=1S/C19H25ClN4O/c20-17-7-1-2-8-18(17)22-19(25)10-14-23-12-4-3-6-16(23)9-15-24-13-5-11-21-24/h1-2,5,7-8,11,13,16H,3-4,6,9-10,12,14-15H2,(H,22,25). The molecular formula is C19H25ClN4O. The van der Waals surface area contributed by atoms with Crippen LogP contribution in [0, 0.1) is 0 Å². The molecule has 2 heterocycles. The third-order valence-electron chi connectivity index (χ3n) is 4.77. The number of carbonyl (C=O) groups is 1. The second-order valence-corrected chi connectivity index (χ2v) is 6.93. The minimum atomic E-state index is 0.0181. The topological polar surface area (TPSA) is 50.2 Å². The summed E-state index contributed by atoms with van der Waals surface area (Å²) in [5, 5.41) is 7.76. The van der Waals surface area contributed by atoms with Crippen LogP contribution in [-0.2, 0) is 11.3 Å². The molecule has 0 aliphatic carbocycles. The molecule has 5 nitrogen and oxygen atoms in total. The van der Waals surface area contributed by atoms with Crippen molar-refractivity contribution < 1.29 is 4.79 Å². The summed E-state index contributed by atoms with van der Waals surface area (Å²) in [5.74, 6) is 0.0181. The van der Waals surface area contributed by atoms with Crippen molar-refractivity contribution >= 4 is 23.2 Å². The Morgan fingerprint density at radius 1 is 1.24 bits per heavy atom. The molecule has 3 rings (SSSR count). The lowest BCUT2D eigenvalue weighted by Crippen LogP contribution is -2.41. The van der Waals surface area contributed by atoms with E-state index in [1.807, 2.05) is 41.3 Å². The van der Waals surface area contributed by atoms with Gasteiger partial charge in [-0.15, -0.1) is 0 Å². The summed E-state index contributed by atoms with van der Waals surface area (Å²) in [5.41, 5.74) is 0.683. The van der Waals surface area contributed by atoms with E-state index in [1.54, 1.807) is 6.07 Å². The number of benzene rings is 1. The fourth-order valence-corrected chi connectivity index (χ4v) is 3.60. The molecule has 1 aromatic heterocycles. The average molecular weight is 361 g/mol. The summed E-state index contributed by atoms with van der Waals surface area (Å²) in [6.45, 7) is 2.79. The molecule has 1 aliphatic heterocycles. The van der Waals surface area contributed by atoms with Crippen molar-refractivity contribution in [1.29, 1.82) is 0 Å². The zero-order valence-electron chi connectivity index (χ0n) is 14.4. The van der Waals surface area contributed by atoms with Crippen LogP contribution in [0.15, 0.2) is 42.7 Å². The van der Waals surface area contributed by atoms with Crippen LogP contribution >= 0.6 is 11.6 Å². The van der Waals surface area contributed by atoms with Gasteiger partial charge in [0.15, 0.2) is 0 Å². The Morgan fingerprint density at radius 2 is 2.12 bits per heavy atom. The number of nitrogens with one attached hydrogen (secondary N) is 1. The lowest BCUT2D eigenvalue weighted by Gasteiger charge is -2.35. The number of likely N-dealkylation sites (tertiary alicyclic amines) is 1. The predicted octanol–water partition coefficient (Wildman–Crippen LogP) is 3.81. The van der Waals surface area contributed by atoms with E-state index in [1.165, 1.54) is 19.3 Å². The summed E-state index contributed by atoms with van der Waals surface area (Å²) in [4.78, 5) is 14.7. The molecular weight excluding hydrogens is 336 g/mol. The first-order valence-electron chi connectivity index (χ1n) is 8.98. The van der Waals surface area contributed by atoms with E-state index in [2.05, 4.69) is 15.3 Å². The van der Waals surface area contributed by atoms with Crippen LogP contribution in [0.4, 0.5) is 5.69 Å². The van der Waals surface area contributed by atoms with E-state index in [9.17, 15) is 4.79 Å². The maximum absolute atomic E-state index is 12.2. The van der Waals surface area contributed by atoms with Gasteiger partial charge in [0.05, 0.1) is 10.7 Å². The number of piperidine rings is 1. The second kappa shape index (κ2) is 9.02. The molecule has 134 valence electrons. The molecule has 1 amide bonds. The molecule has 0 bridgehead atoms. The molecule has 2 aromatic rings. The number of halogens is 1. The molecule has 0 spiro atoms. The Balaban J connectivity index is 1.47. The molecule has 1 fully saturated rings. The number of rotatable bonds is 7. The van der Waals surface area contributed by atoms with Gasteiger partial charge >= 0.3 is 0 Å². The number of aryl methyl sites for hydroxylation is 1. The number of aromatic nitrogens is 2. The maximum Gasteiger partial charge on any atom is 0.225 e. The minimum Gasteiger partial charge on any atom is -0.325 e. The van der Waals surface area contributed by atoms with Crippen molar-refractivity contribution in [2.24, 2.45) is 0 Å². The second-order valence-electron chi connectivity index (χ2n) is 6.52. The smallest absolute Gasteiger partial charge is 0.225 e. The minimum absolute atomic E-state index is 0.0181. The Labute approximate surface area is 154 Å². The van der Waals surface area contributed by atoms with E-state index < -0.39 is 0 Å². The van der Waals surface area contributed by atoms with Crippen LogP contribution in [0.25, 0.3) is 0 Å². The summed E-state index contributed by atoms with van der Waals surface area (Å²) >= 11 is 6.10. The van der Waals surface area contributed by atoms with Crippen molar-refractivity contribution in [2.45, 2.75) is 44.7 Å². The summed E-state index contributed by atoms with van der Waals surface area (Å²) in [7, 11) is 0.